The molecule has 0 aliphatic carbocycles. The van der Waals surface area contributed by atoms with E-state index in [-0.39, 0.29) is 11.1 Å². The van der Waals surface area contributed by atoms with Crippen LogP contribution < -0.4 is 16.0 Å². The number of hydrogen-bond donors (Lipinski definition) is 3. The first-order chi connectivity index (χ1) is 10.7. The van der Waals surface area contributed by atoms with Gasteiger partial charge in [0.2, 0.25) is 5.95 Å². The third kappa shape index (κ3) is 3.83. The smallest absolute Gasteiger partial charge is 0.290 e. The Hall–Kier alpha value is -1.93. The van der Waals surface area contributed by atoms with Crippen molar-refractivity contribution in [1.29, 1.82) is 0 Å². The Morgan fingerprint density at radius 2 is 2.36 bits per heavy atom. The van der Waals surface area contributed by atoms with Gasteiger partial charge in [-0.2, -0.15) is 0 Å². The van der Waals surface area contributed by atoms with Crippen LogP contribution in [0.5, 0.6) is 0 Å². The molecule has 0 aromatic carbocycles. The predicted molar refractivity (Wildman–Crippen MR) is 85.2 cm³/mol. The lowest BCUT2D eigenvalue weighted by molar-refractivity contribution is -0.115. The molecule has 2 fully saturated rings. The fraction of sp³-hybridized carbons (Fsp3) is 0.429. The summed E-state index contributed by atoms with van der Waals surface area (Å²) in [5, 5.41) is 8.47. The van der Waals surface area contributed by atoms with Crippen molar-refractivity contribution in [2.24, 2.45) is 5.92 Å². The maximum Gasteiger partial charge on any atom is 0.290 e. The van der Waals surface area contributed by atoms with Gasteiger partial charge in [0.1, 0.15) is 0 Å². The van der Waals surface area contributed by atoms with Gasteiger partial charge in [-0.25, -0.2) is 9.97 Å². The number of imide groups is 1. The van der Waals surface area contributed by atoms with Gasteiger partial charge in [0.15, 0.2) is 0 Å². The summed E-state index contributed by atoms with van der Waals surface area (Å²) in [6.07, 6.45) is 5.63. The third-order valence-corrected chi connectivity index (χ3v) is 4.36. The molecule has 116 valence electrons. The van der Waals surface area contributed by atoms with Crippen LogP contribution in [0.15, 0.2) is 17.2 Å². The van der Waals surface area contributed by atoms with Crippen LogP contribution in [0.1, 0.15) is 18.5 Å². The molecule has 1 aromatic heterocycles. The van der Waals surface area contributed by atoms with E-state index in [0.717, 1.165) is 31.4 Å². The number of rotatable bonds is 4. The van der Waals surface area contributed by atoms with E-state index in [1.807, 2.05) is 0 Å². The second-order valence-electron chi connectivity index (χ2n) is 5.25. The number of aromatic nitrogens is 2. The first-order valence-corrected chi connectivity index (χ1v) is 8.05. The highest BCUT2D eigenvalue weighted by Crippen LogP contribution is 2.25. The number of amides is 2. The van der Waals surface area contributed by atoms with Crippen LogP contribution in [0.2, 0.25) is 0 Å². The van der Waals surface area contributed by atoms with E-state index in [1.165, 1.54) is 12.8 Å². The van der Waals surface area contributed by atoms with Gasteiger partial charge in [-0.15, -0.1) is 0 Å². The minimum Gasteiger partial charge on any atom is -0.354 e. The molecule has 0 unspecified atom stereocenters. The van der Waals surface area contributed by atoms with E-state index >= 15 is 0 Å². The summed E-state index contributed by atoms with van der Waals surface area (Å²) in [6.45, 7) is 2.92. The highest BCUT2D eigenvalue weighted by molar-refractivity contribution is 8.18. The van der Waals surface area contributed by atoms with E-state index in [0.29, 0.717) is 22.5 Å². The zero-order chi connectivity index (χ0) is 15.4. The van der Waals surface area contributed by atoms with Crippen molar-refractivity contribution >= 4 is 34.9 Å². The van der Waals surface area contributed by atoms with Crippen molar-refractivity contribution < 1.29 is 9.59 Å². The van der Waals surface area contributed by atoms with E-state index in [1.54, 1.807) is 18.3 Å². The number of nitrogens with zero attached hydrogens (tertiary/aromatic N) is 2. The fourth-order valence-electron chi connectivity index (χ4n) is 2.43. The van der Waals surface area contributed by atoms with Crippen LogP contribution in [-0.2, 0) is 4.79 Å². The Kier molecular flexibility index (Phi) is 4.69. The highest BCUT2D eigenvalue weighted by Gasteiger charge is 2.25. The van der Waals surface area contributed by atoms with E-state index in [9.17, 15) is 9.59 Å². The average Bonchev–Trinajstić information content (AvgIpc) is 2.84. The molecule has 3 heterocycles. The third-order valence-electron chi connectivity index (χ3n) is 3.55. The summed E-state index contributed by atoms with van der Waals surface area (Å²) in [7, 11) is 0. The second-order valence-corrected chi connectivity index (χ2v) is 6.27. The first-order valence-electron chi connectivity index (χ1n) is 7.23. The largest absolute Gasteiger partial charge is 0.354 e. The molecule has 0 spiro atoms. The predicted octanol–water partition coefficient (Wildman–Crippen LogP) is 1.21. The molecule has 2 aliphatic heterocycles. The van der Waals surface area contributed by atoms with Crippen molar-refractivity contribution in [3.8, 4) is 0 Å². The van der Waals surface area contributed by atoms with Crippen LogP contribution in [0.3, 0.4) is 0 Å². The van der Waals surface area contributed by atoms with Gasteiger partial charge >= 0.3 is 0 Å². The number of thioether (sulfide) groups is 1. The molecule has 3 N–H and O–H groups in total. The molecule has 0 bridgehead atoms. The van der Waals surface area contributed by atoms with E-state index < -0.39 is 0 Å². The average molecular weight is 319 g/mol. The van der Waals surface area contributed by atoms with Crippen LogP contribution >= 0.6 is 11.8 Å². The lowest BCUT2D eigenvalue weighted by Crippen LogP contribution is -2.33. The summed E-state index contributed by atoms with van der Waals surface area (Å²) in [4.78, 5) is 31.6. The molecule has 22 heavy (non-hydrogen) atoms. The maximum atomic E-state index is 11.5. The van der Waals surface area contributed by atoms with Crippen molar-refractivity contribution in [3.05, 3.63) is 22.9 Å². The normalized spacial score (nSPS) is 23.6. The Morgan fingerprint density at radius 1 is 1.45 bits per heavy atom. The van der Waals surface area contributed by atoms with Crippen LogP contribution in [0.4, 0.5) is 10.7 Å². The molecule has 1 atom stereocenters. The standard InChI is InChI=1S/C14H17N5O2S/c20-12-11(22-14(21)19-12)6-10-3-5-16-13(18-10)17-8-9-2-1-4-15-7-9/h3,5-6,9,15H,1-2,4,7-8H2,(H,16,17,18)(H,19,20,21)/b11-6-/t9-/m1/s1. The van der Waals surface area contributed by atoms with Gasteiger partial charge in [0.25, 0.3) is 11.1 Å². The molecule has 2 saturated heterocycles. The van der Waals surface area contributed by atoms with Gasteiger partial charge in [0.05, 0.1) is 10.6 Å². The summed E-state index contributed by atoms with van der Waals surface area (Å²) < 4.78 is 0. The topological polar surface area (TPSA) is 96.0 Å². The Bertz CT molecular complexity index is 613. The number of piperidine rings is 1. The zero-order valence-electron chi connectivity index (χ0n) is 12.0. The van der Waals surface area contributed by atoms with Crippen LogP contribution in [0.25, 0.3) is 6.08 Å². The molecule has 7 nitrogen and oxygen atoms in total. The minimum absolute atomic E-state index is 0.353. The summed E-state index contributed by atoms with van der Waals surface area (Å²) in [5.74, 6) is 0.735. The van der Waals surface area contributed by atoms with E-state index in [2.05, 4.69) is 25.9 Å². The first kappa shape index (κ1) is 15.0. The fourth-order valence-corrected chi connectivity index (χ4v) is 3.09. The highest BCUT2D eigenvalue weighted by atomic mass is 32.2. The summed E-state index contributed by atoms with van der Waals surface area (Å²) in [5.41, 5.74) is 0.603. The summed E-state index contributed by atoms with van der Waals surface area (Å²) in [6, 6.07) is 1.71. The molecule has 3 rings (SSSR count). The number of hydrogen-bond acceptors (Lipinski definition) is 7. The number of carbonyl (C=O) groups excluding carboxylic acids is 2. The minimum atomic E-state index is -0.378. The van der Waals surface area contributed by atoms with Crippen LogP contribution in [0, 0.1) is 5.92 Å². The monoisotopic (exact) mass is 319 g/mol. The van der Waals surface area contributed by atoms with Crippen molar-refractivity contribution in [3.63, 3.8) is 0 Å². The van der Waals surface area contributed by atoms with Gasteiger partial charge in [-0.1, -0.05) is 0 Å². The van der Waals surface area contributed by atoms with Crippen molar-refractivity contribution in [2.45, 2.75) is 12.8 Å². The molecular formula is C14H17N5O2S. The lowest BCUT2D eigenvalue weighted by atomic mass is 10.00. The lowest BCUT2D eigenvalue weighted by Gasteiger charge is -2.22. The molecule has 0 saturated carbocycles. The number of carbonyl (C=O) groups is 2. The maximum absolute atomic E-state index is 11.5. The van der Waals surface area contributed by atoms with Gasteiger partial charge in [-0.3, -0.25) is 14.9 Å². The second kappa shape index (κ2) is 6.89. The van der Waals surface area contributed by atoms with Crippen LogP contribution in [-0.4, -0.2) is 40.7 Å². The van der Waals surface area contributed by atoms with Gasteiger partial charge in [-0.05, 0) is 55.8 Å². The molecular weight excluding hydrogens is 302 g/mol. The summed E-state index contributed by atoms with van der Waals surface area (Å²) >= 11 is 0.883. The molecule has 8 heteroatoms. The quantitative estimate of drug-likeness (QED) is 0.718. The zero-order valence-corrected chi connectivity index (χ0v) is 12.8. The number of anilines is 1. The molecule has 2 amide bonds. The molecule has 1 aromatic rings. The van der Waals surface area contributed by atoms with Gasteiger partial charge < -0.3 is 10.6 Å². The van der Waals surface area contributed by atoms with Crippen molar-refractivity contribution in [2.75, 3.05) is 25.0 Å². The number of nitrogens with one attached hydrogen (secondary N) is 3. The van der Waals surface area contributed by atoms with Gasteiger partial charge in [0, 0.05) is 12.7 Å². The molecule has 0 radical (unpaired) electrons. The Balaban J connectivity index is 1.63. The Labute approximate surface area is 132 Å². The van der Waals surface area contributed by atoms with E-state index in [4.69, 9.17) is 0 Å². The molecule has 2 aliphatic rings. The SMILES string of the molecule is O=C1NC(=O)/C(=C/c2ccnc(NC[C@@H]3CCCNC3)n2)S1. The van der Waals surface area contributed by atoms with Crippen molar-refractivity contribution in [1.82, 2.24) is 20.6 Å². The Morgan fingerprint density at radius 3 is 3.09 bits per heavy atom.